The van der Waals surface area contributed by atoms with Gasteiger partial charge in [-0.05, 0) is 67.3 Å². The molecule has 0 bridgehead atoms. The molecule has 108 valence electrons. The van der Waals surface area contributed by atoms with Crippen LogP contribution in [0.4, 0.5) is 0 Å². The molecule has 1 unspecified atom stereocenters. The first kappa shape index (κ1) is 15.3. The summed E-state index contributed by atoms with van der Waals surface area (Å²) < 4.78 is 0.897. The van der Waals surface area contributed by atoms with Gasteiger partial charge >= 0.3 is 5.97 Å². The van der Waals surface area contributed by atoms with E-state index in [4.69, 9.17) is 0 Å². The summed E-state index contributed by atoms with van der Waals surface area (Å²) in [4.78, 5) is 25.9. The first-order chi connectivity index (χ1) is 9.38. The minimum absolute atomic E-state index is 0.178. The minimum Gasteiger partial charge on any atom is -0.480 e. The van der Waals surface area contributed by atoms with Crippen LogP contribution in [0.25, 0.3) is 0 Å². The van der Waals surface area contributed by atoms with Gasteiger partial charge in [0.15, 0.2) is 0 Å². The quantitative estimate of drug-likeness (QED) is 0.794. The summed E-state index contributed by atoms with van der Waals surface area (Å²) in [7, 11) is 0. The number of aliphatic carboxylic acids is 1. The van der Waals surface area contributed by atoms with Gasteiger partial charge in [-0.3, -0.25) is 4.79 Å². The van der Waals surface area contributed by atoms with Crippen molar-refractivity contribution >= 4 is 34.5 Å². The highest BCUT2D eigenvalue weighted by Gasteiger charge is 2.44. The van der Waals surface area contributed by atoms with Gasteiger partial charge in [-0.15, -0.1) is 0 Å². The Morgan fingerprint density at radius 3 is 2.70 bits per heavy atom. The number of hydrogen-bond acceptors (Lipinski definition) is 2. The van der Waals surface area contributed by atoms with Crippen molar-refractivity contribution < 1.29 is 14.7 Å². The van der Waals surface area contributed by atoms with E-state index >= 15 is 0 Å². The Labute approximate surface area is 132 Å². The average molecular weight is 387 g/mol. The molecule has 1 heterocycles. The van der Waals surface area contributed by atoms with Crippen LogP contribution in [0.2, 0.25) is 0 Å². The molecule has 1 N–H and O–H groups in total. The number of nitrogens with zero attached hydrogens (tertiary/aromatic N) is 1. The Hall–Kier alpha value is -1.11. The second-order valence-corrected chi connectivity index (χ2v) is 6.51. The van der Waals surface area contributed by atoms with E-state index in [1.165, 1.54) is 4.90 Å². The van der Waals surface area contributed by atoms with Crippen molar-refractivity contribution in [3.63, 3.8) is 0 Å². The van der Waals surface area contributed by atoms with E-state index in [0.717, 1.165) is 22.0 Å². The Balaban J connectivity index is 2.40. The van der Waals surface area contributed by atoms with Crippen molar-refractivity contribution in [3.05, 3.63) is 32.9 Å². The third-order valence-electron chi connectivity index (χ3n) is 4.02. The zero-order valence-electron chi connectivity index (χ0n) is 11.6. The van der Waals surface area contributed by atoms with Crippen LogP contribution >= 0.6 is 22.6 Å². The molecule has 1 aliphatic rings. The first-order valence-corrected chi connectivity index (χ1v) is 7.76. The van der Waals surface area contributed by atoms with Crippen LogP contribution < -0.4 is 0 Å². The normalized spacial score (nSPS) is 22.6. The molecule has 1 aromatic rings. The molecule has 0 saturated carbocycles. The van der Waals surface area contributed by atoms with Crippen molar-refractivity contribution in [1.29, 1.82) is 0 Å². The second kappa shape index (κ2) is 5.71. The van der Waals surface area contributed by atoms with Crippen LogP contribution in [0.5, 0.6) is 0 Å². The molecule has 1 aliphatic heterocycles. The zero-order valence-corrected chi connectivity index (χ0v) is 13.8. The molecular weight excluding hydrogens is 369 g/mol. The minimum atomic E-state index is -1.10. The molecule has 20 heavy (non-hydrogen) atoms. The summed E-state index contributed by atoms with van der Waals surface area (Å²) in [5.41, 5.74) is 0.535. The van der Waals surface area contributed by atoms with Gasteiger partial charge in [0.2, 0.25) is 0 Å². The molecule has 1 aromatic carbocycles. The van der Waals surface area contributed by atoms with E-state index in [1.54, 1.807) is 13.0 Å². The second-order valence-electron chi connectivity index (χ2n) is 5.43. The van der Waals surface area contributed by atoms with Crippen LogP contribution in [-0.2, 0) is 4.79 Å². The highest BCUT2D eigenvalue weighted by atomic mass is 127. The molecule has 4 nitrogen and oxygen atoms in total. The van der Waals surface area contributed by atoms with Crippen molar-refractivity contribution in [2.24, 2.45) is 0 Å². The number of benzene rings is 1. The van der Waals surface area contributed by atoms with Crippen LogP contribution in [0.1, 0.15) is 42.1 Å². The monoisotopic (exact) mass is 387 g/mol. The number of carboxylic acids is 1. The van der Waals surface area contributed by atoms with Crippen molar-refractivity contribution in [1.82, 2.24) is 4.90 Å². The molecular formula is C15H18INO3. The highest BCUT2D eigenvalue weighted by Crippen LogP contribution is 2.31. The molecule has 0 aromatic heterocycles. The van der Waals surface area contributed by atoms with Crippen LogP contribution in [0.15, 0.2) is 18.2 Å². The number of likely N-dealkylation sites (tertiary alicyclic amines) is 1. The maximum atomic E-state index is 12.8. The van der Waals surface area contributed by atoms with E-state index < -0.39 is 11.5 Å². The zero-order chi connectivity index (χ0) is 14.9. The number of halogens is 1. The van der Waals surface area contributed by atoms with E-state index in [2.05, 4.69) is 22.6 Å². The average Bonchev–Trinajstić information content (AvgIpc) is 2.41. The number of aryl methyl sites for hydroxylation is 1. The lowest BCUT2D eigenvalue weighted by atomic mass is 9.87. The number of amides is 1. The van der Waals surface area contributed by atoms with Crippen LogP contribution in [-0.4, -0.2) is 34.0 Å². The Kier molecular flexibility index (Phi) is 4.36. The summed E-state index contributed by atoms with van der Waals surface area (Å²) >= 11 is 2.15. The van der Waals surface area contributed by atoms with Crippen molar-refractivity contribution in [3.8, 4) is 0 Å². The standard InChI is InChI=1S/C15H18INO3/c1-10-6-5-7-11(12(10)16)13(18)17-9-4-3-8-15(17,2)14(19)20/h5-7H,3-4,8-9H2,1-2H3,(H,19,20). The fourth-order valence-electron chi connectivity index (χ4n) is 2.63. The lowest BCUT2D eigenvalue weighted by Gasteiger charge is -2.41. The number of hydrogen-bond donors (Lipinski definition) is 1. The first-order valence-electron chi connectivity index (χ1n) is 6.68. The summed E-state index contributed by atoms with van der Waals surface area (Å²) in [6.45, 7) is 4.10. The lowest BCUT2D eigenvalue weighted by Crippen LogP contribution is -2.57. The maximum absolute atomic E-state index is 12.8. The lowest BCUT2D eigenvalue weighted by molar-refractivity contribution is -0.150. The van der Waals surface area contributed by atoms with Crippen LogP contribution in [0.3, 0.4) is 0 Å². The van der Waals surface area contributed by atoms with Gasteiger partial charge in [0.05, 0.1) is 5.56 Å². The molecule has 0 spiro atoms. The van der Waals surface area contributed by atoms with Crippen molar-refractivity contribution in [2.45, 2.75) is 38.6 Å². The highest BCUT2D eigenvalue weighted by molar-refractivity contribution is 14.1. The predicted molar refractivity (Wildman–Crippen MR) is 84.8 cm³/mol. The SMILES string of the molecule is Cc1cccc(C(=O)N2CCCCC2(C)C(=O)O)c1I. The largest absolute Gasteiger partial charge is 0.480 e. The van der Waals surface area contributed by atoms with Gasteiger partial charge < -0.3 is 10.0 Å². The van der Waals surface area contributed by atoms with Gasteiger partial charge in [0, 0.05) is 10.1 Å². The van der Waals surface area contributed by atoms with Gasteiger partial charge in [0.25, 0.3) is 5.91 Å². The summed E-state index contributed by atoms with van der Waals surface area (Å²) in [5, 5.41) is 9.49. The van der Waals surface area contributed by atoms with Crippen LogP contribution in [0, 0.1) is 10.5 Å². The predicted octanol–water partition coefficient (Wildman–Crippen LogP) is 3.07. The number of piperidine rings is 1. The molecule has 2 rings (SSSR count). The molecule has 0 radical (unpaired) electrons. The Morgan fingerprint density at radius 2 is 2.05 bits per heavy atom. The third-order valence-corrected chi connectivity index (χ3v) is 5.45. The molecule has 1 atom stereocenters. The van der Waals surface area contributed by atoms with Gasteiger partial charge in [-0.2, -0.15) is 0 Å². The number of carbonyl (C=O) groups is 2. The number of rotatable bonds is 2. The number of carbonyl (C=O) groups excluding carboxylic acids is 1. The molecule has 1 fully saturated rings. The molecule has 0 aliphatic carbocycles. The fourth-order valence-corrected chi connectivity index (χ4v) is 3.22. The Morgan fingerprint density at radius 1 is 1.35 bits per heavy atom. The molecule has 5 heteroatoms. The van der Waals surface area contributed by atoms with Crippen molar-refractivity contribution in [2.75, 3.05) is 6.54 Å². The van der Waals surface area contributed by atoms with E-state index in [9.17, 15) is 14.7 Å². The van der Waals surface area contributed by atoms with E-state index in [1.807, 2.05) is 19.1 Å². The van der Waals surface area contributed by atoms with Gasteiger partial charge in [-0.1, -0.05) is 12.1 Å². The van der Waals surface area contributed by atoms with Gasteiger partial charge in [0.1, 0.15) is 5.54 Å². The molecule has 1 amide bonds. The summed E-state index contributed by atoms with van der Waals surface area (Å²) in [5.74, 6) is -1.10. The number of carboxylic acid groups (broad SMARTS) is 1. The maximum Gasteiger partial charge on any atom is 0.329 e. The van der Waals surface area contributed by atoms with E-state index in [-0.39, 0.29) is 5.91 Å². The molecule has 1 saturated heterocycles. The smallest absolute Gasteiger partial charge is 0.329 e. The Bertz CT molecular complexity index is 558. The summed E-state index contributed by atoms with van der Waals surface area (Å²) in [6, 6.07) is 5.56. The topological polar surface area (TPSA) is 57.6 Å². The third kappa shape index (κ3) is 2.55. The van der Waals surface area contributed by atoms with E-state index in [0.29, 0.717) is 18.5 Å². The summed E-state index contributed by atoms with van der Waals surface area (Å²) in [6.07, 6.45) is 2.21. The van der Waals surface area contributed by atoms with Gasteiger partial charge in [-0.25, -0.2) is 4.79 Å². The fraction of sp³-hybridized carbons (Fsp3) is 0.467.